The van der Waals surface area contributed by atoms with Crippen molar-refractivity contribution < 1.29 is 19.1 Å². The SMILES string of the molecule is C=CC(C)OC(=O)Nc1cccc(OC(=O)N(CCCl)c2ccccc2)c1. The van der Waals surface area contributed by atoms with Crippen molar-refractivity contribution in [2.75, 3.05) is 22.6 Å². The first-order chi connectivity index (χ1) is 13.0. The summed E-state index contributed by atoms with van der Waals surface area (Å²) < 4.78 is 10.5. The van der Waals surface area contributed by atoms with Crippen LogP contribution in [-0.2, 0) is 4.74 Å². The molecule has 142 valence electrons. The molecule has 0 aromatic heterocycles. The Morgan fingerprint density at radius 2 is 1.96 bits per heavy atom. The van der Waals surface area contributed by atoms with Crippen LogP contribution in [-0.4, -0.2) is 30.7 Å². The first-order valence-corrected chi connectivity index (χ1v) is 8.87. The number of alkyl halides is 1. The minimum Gasteiger partial charge on any atom is -0.442 e. The Bertz CT molecular complexity index is 783. The van der Waals surface area contributed by atoms with Crippen LogP contribution in [0.3, 0.4) is 0 Å². The van der Waals surface area contributed by atoms with Gasteiger partial charge in [-0.25, -0.2) is 9.59 Å². The van der Waals surface area contributed by atoms with Crippen molar-refractivity contribution >= 4 is 35.2 Å². The zero-order valence-corrected chi connectivity index (χ0v) is 15.7. The van der Waals surface area contributed by atoms with Gasteiger partial charge in [-0.05, 0) is 31.2 Å². The first kappa shape index (κ1) is 20.3. The first-order valence-electron chi connectivity index (χ1n) is 8.34. The fourth-order valence-corrected chi connectivity index (χ4v) is 2.34. The van der Waals surface area contributed by atoms with Gasteiger partial charge in [-0.15, -0.1) is 11.6 Å². The molecule has 2 rings (SSSR count). The van der Waals surface area contributed by atoms with E-state index >= 15 is 0 Å². The van der Waals surface area contributed by atoms with Gasteiger partial charge in [0.05, 0.1) is 0 Å². The number of hydrogen-bond acceptors (Lipinski definition) is 4. The Labute approximate surface area is 163 Å². The zero-order valence-electron chi connectivity index (χ0n) is 14.9. The number of nitrogens with one attached hydrogen (secondary N) is 1. The Morgan fingerprint density at radius 1 is 1.22 bits per heavy atom. The summed E-state index contributed by atoms with van der Waals surface area (Å²) in [6.07, 6.45) is -0.103. The van der Waals surface area contributed by atoms with Crippen LogP contribution in [0.5, 0.6) is 5.75 Å². The lowest BCUT2D eigenvalue weighted by Crippen LogP contribution is -2.35. The van der Waals surface area contributed by atoms with Crippen molar-refractivity contribution in [3.8, 4) is 5.75 Å². The van der Waals surface area contributed by atoms with Crippen LogP contribution >= 0.6 is 11.6 Å². The number of benzene rings is 2. The number of anilines is 2. The summed E-state index contributed by atoms with van der Waals surface area (Å²) in [4.78, 5) is 25.8. The molecule has 2 aromatic rings. The number of hydrogen-bond donors (Lipinski definition) is 1. The number of nitrogens with zero attached hydrogens (tertiary/aromatic N) is 1. The van der Waals surface area contributed by atoms with E-state index in [0.29, 0.717) is 17.9 Å². The highest BCUT2D eigenvalue weighted by Gasteiger charge is 2.17. The Hall–Kier alpha value is -2.99. The van der Waals surface area contributed by atoms with Gasteiger partial charge in [0.15, 0.2) is 0 Å². The smallest absolute Gasteiger partial charge is 0.419 e. The third kappa shape index (κ3) is 6.34. The van der Waals surface area contributed by atoms with Crippen molar-refractivity contribution in [1.29, 1.82) is 0 Å². The van der Waals surface area contributed by atoms with E-state index < -0.39 is 18.3 Å². The Kier molecular flexibility index (Phi) is 7.70. The normalized spacial score (nSPS) is 11.2. The fourth-order valence-electron chi connectivity index (χ4n) is 2.18. The number of ether oxygens (including phenoxy) is 2. The van der Waals surface area contributed by atoms with E-state index in [2.05, 4.69) is 11.9 Å². The molecule has 0 spiro atoms. The summed E-state index contributed by atoms with van der Waals surface area (Å²) >= 11 is 5.81. The predicted octanol–water partition coefficient (Wildman–Crippen LogP) is 5.05. The van der Waals surface area contributed by atoms with E-state index in [-0.39, 0.29) is 11.6 Å². The van der Waals surface area contributed by atoms with Gasteiger partial charge in [0, 0.05) is 29.9 Å². The molecule has 0 saturated carbocycles. The van der Waals surface area contributed by atoms with Crippen LogP contribution in [0, 0.1) is 0 Å². The second-order valence-corrected chi connectivity index (χ2v) is 5.92. The molecule has 2 amide bonds. The van der Waals surface area contributed by atoms with Crippen LogP contribution in [0.15, 0.2) is 67.3 Å². The van der Waals surface area contributed by atoms with Gasteiger partial charge >= 0.3 is 12.2 Å². The van der Waals surface area contributed by atoms with Crippen molar-refractivity contribution in [1.82, 2.24) is 0 Å². The van der Waals surface area contributed by atoms with Crippen LogP contribution < -0.4 is 15.0 Å². The molecule has 27 heavy (non-hydrogen) atoms. The highest BCUT2D eigenvalue weighted by molar-refractivity contribution is 6.18. The van der Waals surface area contributed by atoms with Gasteiger partial charge in [0.25, 0.3) is 0 Å². The molecule has 0 aliphatic carbocycles. The van der Waals surface area contributed by atoms with Crippen molar-refractivity contribution in [2.24, 2.45) is 0 Å². The van der Waals surface area contributed by atoms with E-state index in [1.807, 2.05) is 18.2 Å². The topological polar surface area (TPSA) is 67.9 Å². The van der Waals surface area contributed by atoms with Gasteiger partial charge < -0.3 is 9.47 Å². The van der Waals surface area contributed by atoms with Crippen molar-refractivity contribution in [3.63, 3.8) is 0 Å². The van der Waals surface area contributed by atoms with Crippen LogP contribution in [0.1, 0.15) is 6.92 Å². The second-order valence-electron chi connectivity index (χ2n) is 5.54. The molecule has 7 heteroatoms. The fraction of sp³-hybridized carbons (Fsp3) is 0.200. The number of halogens is 1. The lowest BCUT2D eigenvalue weighted by Gasteiger charge is -2.21. The summed E-state index contributed by atoms with van der Waals surface area (Å²) in [5.41, 5.74) is 1.12. The Balaban J connectivity index is 2.06. The Morgan fingerprint density at radius 3 is 2.63 bits per heavy atom. The molecule has 1 atom stereocenters. The van der Waals surface area contributed by atoms with E-state index in [0.717, 1.165) is 0 Å². The summed E-state index contributed by atoms with van der Waals surface area (Å²) in [5.74, 6) is 0.545. The molecule has 0 bridgehead atoms. The molecule has 0 saturated heterocycles. The lowest BCUT2D eigenvalue weighted by atomic mass is 10.3. The van der Waals surface area contributed by atoms with E-state index in [4.69, 9.17) is 21.1 Å². The third-order valence-corrected chi connectivity index (χ3v) is 3.68. The summed E-state index contributed by atoms with van der Waals surface area (Å²) in [6, 6.07) is 15.6. The number of para-hydroxylation sites is 1. The molecule has 2 aromatic carbocycles. The van der Waals surface area contributed by atoms with Gasteiger partial charge in [0.1, 0.15) is 11.9 Å². The average molecular weight is 389 g/mol. The average Bonchev–Trinajstić information content (AvgIpc) is 2.66. The molecule has 0 radical (unpaired) electrons. The maximum Gasteiger partial charge on any atom is 0.419 e. The van der Waals surface area contributed by atoms with Gasteiger partial charge in [-0.2, -0.15) is 0 Å². The predicted molar refractivity (Wildman–Crippen MR) is 107 cm³/mol. The molecule has 0 fully saturated rings. The minimum absolute atomic E-state index is 0.263. The highest BCUT2D eigenvalue weighted by Crippen LogP contribution is 2.21. The highest BCUT2D eigenvalue weighted by atomic mass is 35.5. The van der Waals surface area contributed by atoms with Crippen molar-refractivity contribution in [3.05, 3.63) is 67.3 Å². The van der Waals surface area contributed by atoms with Gasteiger partial charge in [0.2, 0.25) is 0 Å². The maximum atomic E-state index is 12.5. The largest absolute Gasteiger partial charge is 0.442 e. The van der Waals surface area contributed by atoms with Gasteiger partial charge in [-0.1, -0.05) is 36.9 Å². The van der Waals surface area contributed by atoms with Gasteiger partial charge in [-0.3, -0.25) is 10.2 Å². The van der Waals surface area contributed by atoms with Crippen LogP contribution in [0.4, 0.5) is 21.0 Å². The molecule has 1 unspecified atom stereocenters. The van der Waals surface area contributed by atoms with E-state index in [9.17, 15) is 9.59 Å². The second kappa shape index (κ2) is 10.2. The summed E-state index contributed by atoms with van der Waals surface area (Å²) in [7, 11) is 0. The molecule has 1 N–H and O–H groups in total. The summed E-state index contributed by atoms with van der Waals surface area (Å²) in [6.45, 7) is 5.54. The lowest BCUT2D eigenvalue weighted by molar-refractivity contribution is 0.142. The number of carbonyl (C=O) groups is 2. The quantitative estimate of drug-likeness (QED) is 0.532. The number of carbonyl (C=O) groups excluding carboxylic acids is 2. The zero-order chi connectivity index (χ0) is 19.6. The standard InChI is InChI=1S/C20H21ClN2O4/c1-3-15(2)26-19(24)22-16-8-7-11-18(14-16)27-20(25)23(13-12-21)17-9-5-4-6-10-17/h3-11,14-15H,1,12-13H2,2H3,(H,22,24). The van der Waals surface area contributed by atoms with Crippen LogP contribution in [0.25, 0.3) is 0 Å². The third-order valence-electron chi connectivity index (χ3n) is 3.51. The molecule has 0 heterocycles. The number of rotatable bonds is 7. The van der Waals surface area contributed by atoms with Crippen LogP contribution in [0.2, 0.25) is 0 Å². The molecule has 6 nitrogen and oxygen atoms in total. The number of amides is 2. The molecule has 0 aliphatic heterocycles. The minimum atomic E-state index is -0.626. The maximum absolute atomic E-state index is 12.5. The van der Waals surface area contributed by atoms with Crippen molar-refractivity contribution in [2.45, 2.75) is 13.0 Å². The molecular weight excluding hydrogens is 368 g/mol. The summed E-state index contributed by atoms with van der Waals surface area (Å²) in [5, 5.41) is 2.57. The monoisotopic (exact) mass is 388 g/mol. The molecular formula is C20H21ClN2O4. The molecule has 0 aliphatic rings. The van der Waals surface area contributed by atoms with E-state index in [1.165, 1.54) is 17.0 Å². The van der Waals surface area contributed by atoms with E-state index in [1.54, 1.807) is 37.3 Å².